The van der Waals surface area contributed by atoms with Gasteiger partial charge in [0.05, 0.1) is 18.4 Å². The molecule has 8 nitrogen and oxygen atoms in total. The number of sulfonamides is 1. The van der Waals surface area contributed by atoms with E-state index in [0.717, 1.165) is 5.56 Å². The minimum Gasteiger partial charge on any atom is -0.497 e. The molecule has 0 aliphatic heterocycles. The zero-order valence-corrected chi connectivity index (χ0v) is 14.8. The van der Waals surface area contributed by atoms with Gasteiger partial charge in [-0.05, 0) is 42.0 Å². The van der Waals surface area contributed by atoms with Gasteiger partial charge in [-0.2, -0.15) is 0 Å². The summed E-state index contributed by atoms with van der Waals surface area (Å²) in [5, 5.41) is 7.48. The fourth-order valence-corrected chi connectivity index (χ4v) is 2.55. The summed E-state index contributed by atoms with van der Waals surface area (Å²) in [4.78, 5) is 23.5. The second-order valence-electron chi connectivity index (χ2n) is 5.30. The van der Waals surface area contributed by atoms with Crippen LogP contribution in [0.3, 0.4) is 0 Å². The zero-order valence-electron chi connectivity index (χ0n) is 14.0. The number of carbonyl (C=O) groups excluding carboxylic acids is 2. The Kier molecular flexibility index (Phi) is 6.31. The SMILES string of the molecule is COc1ccc(CC(=O)OCC(=O)Nc2ccc(S(N)(=O)=O)cc2)cc1. The van der Waals surface area contributed by atoms with Gasteiger partial charge in [0.15, 0.2) is 6.61 Å². The van der Waals surface area contributed by atoms with Gasteiger partial charge in [-0.3, -0.25) is 9.59 Å². The van der Waals surface area contributed by atoms with Crippen molar-refractivity contribution in [2.45, 2.75) is 11.3 Å². The second kappa shape index (κ2) is 8.45. The molecule has 3 N–H and O–H groups in total. The highest BCUT2D eigenvalue weighted by atomic mass is 32.2. The molecule has 0 spiro atoms. The van der Waals surface area contributed by atoms with E-state index in [4.69, 9.17) is 14.6 Å². The van der Waals surface area contributed by atoms with Crippen molar-refractivity contribution in [1.29, 1.82) is 0 Å². The summed E-state index contributed by atoms with van der Waals surface area (Å²) in [7, 11) is -2.25. The second-order valence-corrected chi connectivity index (χ2v) is 6.86. The highest BCUT2D eigenvalue weighted by Crippen LogP contribution is 2.13. The van der Waals surface area contributed by atoms with Crippen molar-refractivity contribution in [3.63, 3.8) is 0 Å². The van der Waals surface area contributed by atoms with Crippen molar-refractivity contribution in [1.82, 2.24) is 0 Å². The number of nitrogens with one attached hydrogen (secondary N) is 1. The minimum absolute atomic E-state index is 0.0281. The average Bonchev–Trinajstić information content (AvgIpc) is 2.60. The Morgan fingerprint density at radius 3 is 2.19 bits per heavy atom. The van der Waals surface area contributed by atoms with Crippen LogP contribution >= 0.6 is 0 Å². The molecule has 26 heavy (non-hydrogen) atoms. The average molecular weight is 378 g/mol. The molecule has 0 aliphatic rings. The third-order valence-electron chi connectivity index (χ3n) is 3.34. The van der Waals surface area contributed by atoms with Crippen molar-refractivity contribution in [2.24, 2.45) is 5.14 Å². The van der Waals surface area contributed by atoms with E-state index >= 15 is 0 Å². The standard InChI is InChI=1S/C17H18N2O6S/c1-24-14-6-2-12(3-7-14)10-17(21)25-11-16(20)19-13-4-8-15(9-5-13)26(18,22)23/h2-9H,10-11H2,1H3,(H,19,20)(H2,18,22,23). The lowest BCUT2D eigenvalue weighted by Crippen LogP contribution is -2.21. The summed E-state index contributed by atoms with van der Waals surface area (Å²) in [5.41, 5.74) is 1.09. The summed E-state index contributed by atoms with van der Waals surface area (Å²) in [6.45, 7) is -0.452. The first kappa shape index (κ1) is 19.4. The number of nitrogens with two attached hydrogens (primary N) is 1. The van der Waals surface area contributed by atoms with Crippen LogP contribution in [-0.4, -0.2) is 34.0 Å². The van der Waals surface area contributed by atoms with E-state index in [1.165, 1.54) is 24.3 Å². The number of anilines is 1. The number of methoxy groups -OCH3 is 1. The molecule has 0 unspecified atom stereocenters. The van der Waals surface area contributed by atoms with E-state index in [-0.39, 0.29) is 11.3 Å². The van der Waals surface area contributed by atoms with Gasteiger partial charge in [-0.25, -0.2) is 13.6 Å². The molecule has 9 heteroatoms. The van der Waals surface area contributed by atoms with Crippen molar-refractivity contribution >= 4 is 27.6 Å². The van der Waals surface area contributed by atoms with E-state index in [1.807, 2.05) is 0 Å². The van der Waals surface area contributed by atoms with Crippen LogP contribution in [-0.2, 0) is 30.8 Å². The first-order chi connectivity index (χ1) is 12.3. The zero-order chi connectivity index (χ0) is 19.2. The minimum atomic E-state index is -3.79. The van der Waals surface area contributed by atoms with Crippen LogP contribution in [0.25, 0.3) is 0 Å². The predicted octanol–water partition coefficient (Wildman–Crippen LogP) is 1.07. The summed E-state index contributed by atoms with van der Waals surface area (Å²) < 4.78 is 32.3. The molecule has 0 aliphatic carbocycles. The van der Waals surface area contributed by atoms with Crippen LogP contribution in [0.4, 0.5) is 5.69 Å². The Morgan fingerprint density at radius 2 is 1.65 bits per heavy atom. The largest absolute Gasteiger partial charge is 0.497 e. The van der Waals surface area contributed by atoms with Crippen molar-refractivity contribution in [3.8, 4) is 5.75 Å². The fourth-order valence-electron chi connectivity index (χ4n) is 2.03. The lowest BCUT2D eigenvalue weighted by atomic mass is 10.1. The number of rotatable bonds is 7. The van der Waals surface area contributed by atoms with E-state index < -0.39 is 28.5 Å². The molecule has 2 rings (SSSR count). The van der Waals surface area contributed by atoms with Crippen LogP contribution in [0.2, 0.25) is 0 Å². The maximum absolute atomic E-state index is 11.8. The van der Waals surface area contributed by atoms with Crippen molar-refractivity contribution in [3.05, 3.63) is 54.1 Å². The highest BCUT2D eigenvalue weighted by Gasteiger charge is 2.11. The summed E-state index contributed by atoms with van der Waals surface area (Å²) in [5.74, 6) is -0.415. The third-order valence-corrected chi connectivity index (χ3v) is 4.27. The van der Waals surface area contributed by atoms with Gasteiger partial charge < -0.3 is 14.8 Å². The lowest BCUT2D eigenvalue weighted by Gasteiger charge is -2.07. The topological polar surface area (TPSA) is 125 Å². The van der Waals surface area contributed by atoms with Crippen LogP contribution in [0.15, 0.2) is 53.4 Å². The molecule has 0 fully saturated rings. The van der Waals surface area contributed by atoms with Crippen molar-refractivity contribution < 1.29 is 27.5 Å². The molecule has 0 atom stereocenters. The van der Waals surface area contributed by atoms with Gasteiger partial charge in [0, 0.05) is 5.69 Å². The maximum Gasteiger partial charge on any atom is 0.310 e. The van der Waals surface area contributed by atoms with Gasteiger partial charge in [0.25, 0.3) is 5.91 Å². The molecular weight excluding hydrogens is 360 g/mol. The molecular formula is C17H18N2O6S. The van der Waals surface area contributed by atoms with Gasteiger partial charge in [-0.1, -0.05) is 12.1 Å². The molecule has 0 bridgehead atoms. The molecule has 1 amide bonds. The number of hydrogen-bond donors (Lipinski definition) is 2. The Balaban J connectivity index is 1.81. The molecule has 0 saturated heterocycles. The van der Waals surface area contributed by atoms with E-state index in [2.05, 4.69) is 5.32 Å². The van der Waals surface area contributed by atoms with E-state index in [9.17, 15) is 18.0 Å². The van der Waals surface area contributed by atoms with E-state index in [1.54, 1.807) is 31.4 Å². The van der Waals surface area contributed by atoms with E-state index in [0.29, 0.717) is 11.4 Å². The first-order valence-electron chi connectivity index (χ1n) is 7.49. The maximum atomic E-state index is 11.8. The quantitative estimate of drug-likeness (QED) is 0.694. The molecule has 2 aromatic rings. The van der Waals surface area contributed by atoms with Gasteiger partial charge in [0.1, 0.15) is 5.75 Å². The normalized spacial score (nSPS) is 10.8. The predicted molar refractivity (Wildman–Crippen MR) is 94.1 cm³/mol. The smallest absolute Gasteiger partial charge is 0.310 e. The van der Waals surface area contributed by atoms with Gasteiger partial charge >= 0.3 is 5.97 Å². The van der Waals surface area contributed by atoms with Crippen LogP contribution in [0.5, 0.6) is 5.75 Å². The summed E-state index contributed by atoms with van der Waals surface area (Å²) >= 11 is 0. The number of carbonyl (C=O) groups is 2. The van der Waals surface area contributed by atoms with Crippen molar-refractivity contribution in [2.75, 3.05) is 19.0 Å². The molecule has 0 radical (unpaired) electrons. The number of primary sulfonamides is 1. The number of amides is 1. The summed E-state index contributed by atoms with van der Waals surface area (Å²) in [6.07, 6.45) is 0.0281. The Labute approximate surface area is 151 Å². The van der Waals surface area contributed by atoms with Gasteiger partial charge in [-0.15, -0.1) is 0 Å². The van der Waals surface area contributed by atoms with Gasteiger partial charge in [0.2, 0.25) is 10.0 Å². The number of ether oxygens (including phenoxy) is 2. The molecule has 0 heterocycles. The molecule has 2 aromatic carbocycles. The third kappa shape index (κ3) is 5.87. The molecule has 0 saturated carbocycles. The molecule has 0 aromatic heterocycles. The Morgan fingerprint density at radius 1 is 1.04 bits per heavy atom. The highest BCUT2D eigenvalue weighted by molar-refractivity contribution is 7.89. The number of esters is 1. The Bertz CT molecular complexity index is 876. The fraction of sp³-hybridized carbons (Fsp3) is 0.176. The monoisotopic (exact) mass is 378 g/mol. The first-order valence-corrected chi connectivity index (χ1v) is 9.04. The van der Waals surface area contributed by atoms with Crippen LogP contribution in [0.1, 0.15) is 5.56 Å². The number of benzene rings is 2. The van der Waals surface area contributed by atoms with Crippen LogP contribution < -0.4 is 15.2 Å². The van der Waals surface area contributed by atoms with Crippen LogP contribution in [0, 0.1) is 0 Å². The number of hydrogen-bond acceptors (Lipinski definition) is 6. The summed E-state index contributed by atoms with van der Waals surface area (Å²) in [6, 6.07) is 12.2. The lowest BCUT2D eigenvalue weighted by molar-refractivity contribution is -0.146. The molecule has 138 valence electrons. The Hall–Kier alpha value is -2.91.